The maximum atomic E-state index is 12.7. The van der Waals surface area contributed by atoms with Crippen molar-refractivity contribution in [3.63, 3.8) is 0 Å². The number of nitrogens with one attached hydrogen (secondary N) is 1. The normalized spacial score (nSPS) is 18.4. The van der Waals surface area contributed by atoms with E-state index in [2.05, 4.69) is 15.6 Å². The number of nitrogens with zero attached hydrogens (tertiary/aromatic N) is 3. The summed E-state index contributed by atoms with van der Waals surface area (Å²) in [6, 6.07) is 16.3. The van der Waals surface area contributed by atoms with Gasteiger partial charge in [0.25, 0.3) is 5.91 Å². The SMILES string of the molecule is CCOC(=O)C1=NN(c2ccc(Cl)cc2)/C(=C2/C(=O)NN=C2c2ccccc2)S1. The van der Waals surface area contributed by atoms with Crippen LogP contribution in [0, 0.1) is 0 Å². The molecule has 146 valence electrons. The van der Waals surface area contributed by atoms with E-state index in [1.807, 2.05) is 30.3 Å². The molecular weight excluding hydrogens is 412 g/mol. The Kier molecular flexibility index (Phi) is 5.37. The van der Waals surface area contributed by atoms with Crippen LogP contribution >= 0.6 is 23.4 Å². The van der Waals surface area contributed by atoms with Crippen molar-refractivity contribution in [2.24, 2.45) is 10.2 Å². The van der Waals surface area contributed by atoms with Crippen molar-refractivity contribution >= 4 is 51.7 Å². The standard InChI is InChI=1S/C20H15ClN4O3S/c1-2-28-20(27)18-24-25(14-10-8-13(21)9-11-14)19(29-18)15-16(22-23-17(15)26)12-6-4-3-5-7-12/h3-11H,2H2,1H3,(H,23,26)/b19-15-. The summed E-state index contributed by atoms with van der Waals surface area (Å²) in [6.07, 6.45) is 0. The first-order valence-electron chi connectivity index (χ1n) is 8.76. The molecule has 2 heterocycles. The molecule has 0 aromatic heterocycles. The Morgan fingerprint density at radius 1 is 1.17 bits per heavy atom. The Labute approximate surface area is 176 Å². The van der Waals surface area contributed by atoms with E-state index >= 15 is 0 Å². The van der Waals surface area contributed by atoms with Gasteiger partial charge < -0.3 is 4.74 Å². The molecule has 4 rings (SSSR count). The van der Waals surface area contributed by atoms with Crippen LogP contribution in [-0.2, 0) is 14.3 Å². The summed E-state index contributed by atoms with van der Waals surface area (Å²) in [5.74, 6) is -0.922. The van der Waals surface area contributed by atoms with Gasteiger partial charge >= 0.3 is 5.97 Å². The molecule has 0 bridgehead atoms. The van der Waals surface area contributed by atoms with Crippen molar-refractivity contribution in [3.05, 3.63) is 75.8 Å². The highest BCUT2D eigenvalue weighted by Crippen LogP contribution is 2.39. The number of hydrogen-bond acceptors (Lipinski definition) is 7. The highest BCUT2D eigenvalue weighted by molar-refractivity contribution is 8.19. The monoisotopic (exact) mass is 426 g/mol. The van der Waals surface area contributed by atoms with Gasteiger partial charge in [0, 0.05) is 10.6 Å². The van der Waals surface area contributed by atoms with Crippen LogP contribution in [0.3, 0.4) is 0 Å². The molecular formula is C20H15ClN4O3S. The van der Waals surface area contributed by atoms with Gasteiger partial charge in [-0.15, -0.1) is 0 Å². The van der Waals surface area contributed by atoms with E-state index in [9.17, 15) is 9.59 Å². The molecule has 7 nitrogen and oxygen atoms in total. The fourth-order valence-corrected chi connectivity index (χ4v) is 3.91. The lowest BCUT2D eigenvalue weighted by Crippen LogP contribution is -2.21. The number of thioether (sulfide) groups is 1. The molecule has 0 radical (unpaired) electrons. The quantitative estimate of drug-likeness (QED) is 0.597. The third-order valence-electron chi connectivity index (χ3n) is 4.09. The van der Waals surface area contributed by atoms with Crippen LogP contribution in [0.4, 0.5) is 5.69 Å². The second-order valence-corrected chi connectivity index (χ2v) is 7.38. The van der Waals surface area contributed by atoms with Crippen molar-refractivity contribution in [1.82, 2.24) is 5.43 Å². The minimum atomic E-state index is -0.552. The number of hydrogen-bond donors (Lipinski definition) is 1. The topological polar surface area (TPSA) is 83.4 Å². The van der Waals surface area contributed by atoms with Crippen LogP contribution in [0.2, 0.25) is 5.02 Å². The van der Waals surface area contributed by atoms with Gasteiger partial charge in [0.2, 0.25) is 5.04 Å². The molecule has 1 amide bonds. The minimum absolute atomic E-state index is 0.136. The molecule has 0 fully saturated rings. The third kappa shape index (κ3) is 3.76. The van der Waals surface area contributed by atoms with E-state index < -0.39 is 5.97 Å². The highest BCUT2D eigenvalue weighted by Gasteiger charge is 2.37. The van der Waals surface area contributed by atoms with Crippen LogP contribution in [0.15, 0.2) is 75.4 Å². The van der Waals surface area contributed by atoms with E-state index in [0.717, 1.165) is 17.3 Å². The Bertz CT molecular complexity index is 1060. The van der Waals surface area contributed by atoms with E-state index in [1.54, 1.807) is 31.2 Å². The fraction of sp³-hybridized carbons (Fsp3) is 0.100. The number of anilines is 1. The molecule has 2 aliphatic rings. The summed E-state index contributed by atoms with van der Waals surface area (Å²) in [4.78, 5) is 25.0. The van der Waals surface area contributed by atoms with Crippen LogP contribution in [0.25, 0.3) is 0 Å². The average Bonchev–Trinajstić information content (AvgIpc) is 3.33. The summed E-state index contributed by atoms with van der Waals surface area (Å²) in [5.41, 5.74) is 4.75. The van der Waals surface area contributed by atoms with Crippen LogP contribution in [0.5, 0.6) is 0 Å². The zero-order valence-electron chi connectivity index (χ0n) is 15.3. The van der Waals surface area contributed by atoms with E-state index in [0.29, 0.717) is 27.0 Å². The predicted molar refractivity (Wildman–Crippen MR) is 114 cm³/mol. The number of rotatable bonds is 4. The summed E-state index contributed by atoms with van der Waals surface area (Å²) in [5, 5.41) is 11.3. The van der Waals surface area contributed by atoms with Gasteiger partial charge in [-0.25, -0.2) is 15.2 Å². The van der Waals surface area contributed by atoms with Gasteiger partial charge in [0.15, 0.2) is 0 Å². The van der Waals surface area contributed by atoms with Gasteiger partial charge in [0.1, 0.15) is 16.3 Å². The molecule has 0 unspecified atom stereocenters. The van der Waals surface area contributed by atoms with Crippen molar-refractivity contribution in [2.45, 2.75) is 6.92 Å². The number of esters is 1. The Morgan fingerprint density at radius 2 is 1.90 bits per heavy atom. The average molecular weight is 427 g/mol. The Morgan fingerprint density at radius 3 is 2.59 bits per heavy atom. The highest BCUT2D eigenvalue weighted by atomic mass is 35.5. The summed E-state index contributed by atoms with van der Waals surface area (Å²) >= 11 is 7.07. The lowest BCUT2D eigenvalue weighted by molar-refractivity contribution is -0.134. The van der Waals surface area contributed by atoms with Crippen molar-refractivity contribution in [2.75, 3.05) is 11.6 Å². The van der Waals surface area contributed by atoms with Crippen LogP contribution < -0.4 is 10.4 Å². The predicted octanol–water partition coefficient (Wildman–Crippen LogP) is 3.52. The van der Waals surface area contributed by atoms with Crippen molar-refractivity contribution in [1.29, 1.82) is 0 Å². The first kappa shape index (κ1) is 19.2. The van der Waals surface area contributed by atoms with E-state index in [-0.39, 0.29) is 17.6 Å². The second kappa shape index (κ2) is 8.10. The van der Waals surface area contributed by atoms with E-state index in [1.165, 1.54) is 5.01 Å². The van der Waals surface area contributed by atoms with Gasteiger partial charge in [-0.3, -0.25) is 4.79 Å². The molecule has 29 heavy (non-hydrogen) atoms. The lowest BCUT2D eigenvalue weighted by Gasteiger charge is -2.17. The molecule has 9 heteroatoms. The number of hydrazone groups is 2. The molecule has 2 aromatic rings. The maximum absolute atomic E-state index is 12.7. The van der Waals surface area contributed by atoms with E-state index in [4.69, 9.17) is 16.3 Å². The van der Waals surface area contributed by atoms with Gasteiger partial charge in [-0.1, -0.05) is 41.9 Å². The van der Waals surface area contributed by atoms with Crippen molar-refractivity contribution in [3.8, 4) is 0 Å². The lowest BCUT2D eigenvalue weighted by atomic mass is 10.0. The number of benzene rings is 2. The van der Waals surface area contributed by atoms with Gasteiger partial charge in [0.05, 0.1) is 12.3 Å². The summed E-state index contributed by atoms with van der Waals surface area (Å²) in [6.45, 7) is 1.95. The largest absolute Gasteiger partial charge is 0.461 e. The van der Waals surface area contributed by atoms with Crippen LogP contribution in [-0.4, -0.2) is 29.2 Å². The zero-order valence-corrected chi connectivity index (χ0v) is 16.8. The number of carbonyl (C=O) groups excluding carboxylic acids is 2. The summed E-state index contributed by atoms with van der Waals surface area (Å²) < 4.78 is 5.09. The molecule has 0 aliphatic carbocycles. The molecule has 2 aromatic carbocycles. The second-order valence-electron chi connectivity index (χ2n) is 5.96. The maximum Gasteiger partial charge on any atom is 0.365 e. The third-order valence-corrected chi connectivity index (χ3v) is 5.36. The van der Waals surface area contributed by atoms with Crippen molar-refractivity contribution < 1.29 is 14.3 Å². The number of amides is 1. The minimum Gasteiger partial charge on any atom is -0.461 e. The molecule has 0 saturated heterocycles. The Hall–Kier alpha value is -3.10. The number of halogens is 1. The fourth-order valence-electron chi connectivity index (χ4n) is 2.81. The number of carbonyl (C=O) groups is 2. The molecule has 2 aliphatic heterocycles. The van der Waals surface area contributed by atoms with Gasteiger partial charge in [-0.2, -0.15) is 10.2 Å². The molecule has 0 atom stereocenters. The zero-order chi connectivity index (χ0) is 20.4. The number of ether oxygens (including phenoxy) is 1. The van der Waals surface area contributed by atoms with Gasteiger partial charge in [-0.05, 0) is 43.0 Å². The first-order chi connectivity index (χ1) is 14.1. The molecule has 0 saturated carbocycles. The van der Waals surface area contributed by atoms with Crippen LogP contribution in [0.1, 0.15) is 12.5 Å². The molecule has 0 spiro atoms. The summed E-state index contributed by atoms with van der Waals surface area (Å²) in [7, 11) is 0. The smallest absolute Gasteiger partial charge is 0.365 e. The molecule has 1 N–H and O–H groups in total. The first-order valence-corrected chi connectivity index (χ1v) is 9.95. The Balaban J connectivity index is 1.83.